The summed E-state index contributed by atoms with van der Waals surface area (Å²) in [5, 5.41) is 3.83. The topological polar surface area (TPSA) is 103 Å². The summed E-state index contributed by atoms with van der Waals surface area (Å²) >= 11 is 5.86. The van der Waals surface area contributed by atoms with Gasteiger partial charge in [0.05, 0.1) is 17.6 Å². The van der Waals surface area contributed by atoms with Crippen molar-refractivity contribution < 1.29 is 9.18 Å². The van der Waals surface area contributed by atoms with E-state index in [0.29, 0.717) is 0 Å². The highest BCUT2D eigenvalue weighted by molar-refractivity contribution is 6.33. The number of nitrogens with zero attached hydrogens (tertiary/aromatic N) is 5. The van der Waals surface area contributed by atoms with Gasteiger partial charge in [-0.3, -0.25) is 18.7 Å². The monoisotopic (exact) mass is 392 g/mol. The molecule has 0 unspecified atom stereocenters. The summed E-state index contributed by atoms with van der Waals surface area (Å²) in [5.74, 6) is -1.15. The Kier molecular flexibility index (Phi) is 4.91. The predicted octanol–water partition coefficient (Wildman–Crippen LogP) is 0.377. The van der Waals surface area contributed by atoms with E-state index in [1.165, 1.54) is 47.8 Å². The number of amides is 1. The number of imidazole rings is 1. The van der Waals surface area contributed by atoms with E-state index in [-0.39, 0.29) is 28.3 Å². The van der Waals surface area contributed by atoms with Gasteiger partial charge in [0.1, 0.15) is 12.4 Å². The maximum Gasteiger partial charge on any atom is 0.332 e. The second kappa shape index (κ2) is 7.16. The van der Waals surface area contributed by atoms with Crippen LogP contribution in [0.3, 0.4) is 0 Å². The summed E-state index contributed by atoms with van der Waals surface area (Å²) in [4.78, 5) is 40.3. The van der Waals surface area contributed by atoms with Crippen molar-refractivity contribution in [2.24, 2.45) is 19.2 Å². The van der Waals surface area contributed by atoms with Gasteiger partial charge in [0, 0.05) is 19.7 Å². The molecule has 0 radical (unpaired) electrons. The lowest BCUT2D eigenvalue weighted by atomic mass is 10.2. The van der Waals surface area contributed by atoms with Crippen LogP contribution in [-0.2, 0) is 25.4 Å². The zero-order valence-electron chi connectivity index (χ0n) is 14.3. The first-order valence-electron chi connectivity index (χ1n) is 7.68. The molecular formula is C16H14ClFN6O3. The lowest BCUT2D eigenvalue weighted by Gasteiger charge is -2.06. The molecule has 0 aliphatic carbocycles. The molecule has 2 aromatic heterocycles. The molecule has 9 nitrogen and oxygen atoms in total. The zero-order valence-corrected chi connectivity index (χ0v) is 15.1. The van der Waals surface area contributed by atoms with Gasteiger partial charge in [-0.25, -0.2) is 19.6 Å². The van der Waals surface area contributed by atoms with Gasteiger partial charge < -0.3 is 4.57 Å². The van der Waals surface area contributed by atoms with Gasteiger partial charge in [0.15, 0.2) is 11.2 Å². The average Bonchev–Trinajstić information content (AvgIpc) is 3.04. The molecule has 0 fully saturated rings. The van der Waals surface area contributed by atoms with Gasteiger partial charge in [-0.2, -0.15) is 5.10 Å². The molecule has 3 rings (SSSR count). The molecule has 11 heteroatoms. The van der Waals surface area contributed by atoms with Crippen LogP contribution in [0, 0.1) is 5.82 Å². The molecule has 1 aromatic carbocycles. The maximum atomic E-state index is 13.6. The SMILES string of the molecule is Cn1c(=O)c2c(ncn2CC(=O)N/N=C\c2c(F)cccc2Cl)n(C)c1=O. The van der Waals surface area contributed by atoms with Gasteiger partial charge in [-0.05, 0) is 12.1 Å². The Morgan fingerprint density at radius 1 is 1.33 bits per heavy atom. The summed E-state index contributed by atoms with van der Waals surface area (Å²) in [6.07, 6.45) is 2.37. The average molecular weight is 393 g/mol. The summed E-state index contributed by atoms with van der Waals surface area (Å²) in [5.41, 5.74) is 1.45. The van der Waals surface area contributed by atoms with E-state index in [1.54, 1.807) is 0 Å². The van der Waals surface area contributed by atoms with Crippen molar-refractivity contribution in [3.63, 3.8) is 0 Å². The number of carbonyl (C=O) groups is 1. The van der Waals surface area contributed by atoms with E-state index in [0.717, 1.165) is 10.8 Å². The molecule has 0 spiro atoms. The molecule has 0 aliphatic heterocycles. The summed E-state index contributed by atoms with van der Waals surface area (Å²) in [6.45, 7) is -0.272. The Morgan fingerprint density at radius 3 is 2.78 bits per heavy atom. The lowest BCUT2D eigenvalue weighted by Crippen LogP contribution is -2.38. The van der Waals surface area contributed by atoms with E-state index in [4.69, 9.17) is 11.6 Å². The van der Waals surface area contributed by atoms with Crippen molar-refractivity contribution in [3.05, 3.63) is 61.8 Å². The molecule has 0 saturated heterocycles. The maximum absolute atomic E-state index is 13.6. The van der Waals surface area contributed by atoms with E-state index in [9.17, 15) is 18.8 Å². The van der Waals surface area contributed by atoms with Crippen molar-refractivity contribution in [2.75, 3.05) is 0 Å². The van der Waals surface area contributed by atoms with Crippen LogP contribution in [0.1, 0.15) is 5.56 Å². The van der Waals surface area contributed by atoms with Crippen LogP contribution in [0.25, 0.3) is 11.2 Å². The van der Waals surface area contributed by atoms with E-state index in [2.05, 4.69) is 15.5 Å². The Hall–Kier alpha value is -3.27. The lowest BCUT2D eigenvalue weighted by molar-refractivity contribution is -0.121. The van der Waals surface area contributed by atoms with Gasteiger partial charge in [-0.1, -0.05) is 17.7 Å². The number of halogens is 2. The predicted molar refractivity (Wildman–Crippen MR) is 97.4 cm³/mol. The third-order valence-corrected chi connectivity index (χ3v) is 4.24. The first kappa shape index (κ1) is 18.5. The number of benzene rings is 1. The molecule has 2 heterocycles. The third-order valence-electron chi connectivity index (χ3n) is 3.91. The van der Waals surface area contributed by atoms with E-state index in [1.807, 2.05) is 0 Å². The van der Waals surface area contributed by atoms with Crippen molar-refractivity contribution >= 4 is 34.9 Å². The Balaban J connectivity index is 1.82. The van der Waals surface area contributed by atoms with Crippen molar-refractivity contribution in [1.82, 2.24) is 24.1 Å². The molecule has 0 atom stereocenters. The van der Waals surface area contributed by atoms with Crippen LogP contribution >= 0.6 is 11.6 Å². The number of aromatic nitrogens is 4. The quantitative estimate of drug-likeness (QED) is 0.512. The minimum absolute atomic E-state index is 0.0383. The van der Waals surface area contributed by atoms with Crippen LogP contribution in [0.5, 0.6) is 0 Å². The van der Waals surface area contributed by atoms with Gasteiger partial charge >= 0.3 is 5.69 Å². The molecule has 0 bridgehead atoms. The van der Waals surface area contributed by atoms with E-state index < -0.39 is 23.0 Å². The molecular weight excluding hydrogens is 379 g/mol. The fraction of sp³-hybridized carbons (Fsp3) is 0.188. The van der Waals surface area contributed by atoms with Crippen LogP contribution in [-0.4, -0.2) is 30.8 Å². The molecule has 1 amide bonds. The number of hydrogen-bond acceptors (Lipinski definition) is 5. The highest BCUT2D eigenvalue weighted by Crippen LogP contribution is 2.16. The largest absolute Gasteiger partial charge is 0.332 e. The van der Waals surface area contributed by atoms with Crippen LogP contribution in [0.4, 0.5) is 4.39 Å². The smallest absolute Gasteiger partial charge is 0.315 e. The molecule has 1 N–H and O–H groups in total. The van der Waals surface area contributed by atoms with Crippen LogP contribution < -0.4 is 16.7 Å². The number of nitrogens with one attached hydrogen (secondary N) is 1. The molecule has 0 saturated carbocycles. The zero-order chi connectivity index (χ0) is 19.7. The number of hydrazone groups is 1. The Labute approximate surface area is 156 Å². The Morgan fingerprint density at radius 2 is 2.07 bits per heavy atom. The van der Waals surface area contributed by atoms with E-state index >= 15 is 0 Å². The number of hydrogen-bond donors (Lipinski definition) is 1. The fourth-order valence-electron chi connectivity index (χ4n) is 2.51. The molecule has 27 heavy (non-hydrogen) atoms. The summed E-state index contributed by atoms with van der Waals surface area (Å²) in [6, 6.07) is 4.16. The molecule has 0 aliphatic rings. The van der Waals surface area contributed by atoms with Gasteiger partial charge in [0.2, 0.25) is 0 Å². The third kappa shape index (κ3) is 3.38. The first-order valence-corrected chi connectivity index (χ1v) is 8.06. The fourth-order valence-corrected chi connectivity index (χ4v) is 2.72. The number of aryl methyl sites for hydroxylation is 1. The van der Waals surface area contributed by atoms with Gasteiger partial charge in [0.25, 0.3) is 11.5 Å². The normalized spacial score (nSPS) is 11.4. The number of rotatable bonds is 4. The standard InChI is InChI=1S/C16H14ClFN6O3/c1-22-14-13(15(26)23(2)16(22)27)24(8-19-14)7-12(25)21-20-6-9-10(17)4-3-5-11(9)18/h3-6,8H,7H2,1-2H3,(H,21,25)/b20-6-. The van der Waals surface area contributed by atoms with Gasteiger partial charge in [-0.15, -0.1) is 0 Å². The van der Waals surface area contributed by atoms with Crippen molar-refractivity contribution in [3.8, 4) is 0 Å². The molecule has 3 aromatic rings. The summed E-state index contributed by atoms with van der Waals surface area (Å²) in [7, 11) is 2.81. The number of fused-ring (bicyclic) bond motifs is 1. The highest BCUT2D eigenvalue weighted by Gasteiger charge is 2.15. The second-order valence-corrected chi connectivity index (χ2v) is 6.09. The first-order chi connectivity index (χ1) is 12.8. The second-order valence-electron chi connectivity index (χ2n) is 5.68. The van der Waals surface area contributed by atoms with Crippen molar-refractivity contribution in [2.45, 2.75) is 6.54 Å². The summed E-state index contributed by atoms with van der Waals surface area (Å²) < 4.78 is 17.1. The highest BCUT2D eigenvalue weighted by atomic mass is 35.5. The van der Waals surface area contributed by atoms with Crippen LogP contribution in [0.2, 0.25) is 5.02 Å². The number of carbonyl (C=O) groups excluding carboxylic acids is 1. The van der Waals surface area contributed by atoms with Crippen LogP contribution in [0.15, 0.2) is 39.2 Å². The minimum Gasteiger partial charge on any atom is -0.315 e. The minimum atomic E-state index is -0.578. The van der Waals surface area contributed by atoms with Crippen molar-refractivity contribution in [1.29, 1.82) is 0 Å². The Bertz CT molecular complexity index is 1170. The molecule has 140 valence electrons.